The van der Waals surface area contributed by atoms with Crippen LogP contribution in [0.15, 0.2) is 36.4 Å². The van der Waals surface area contributed by atoms with Gasteiger partial charge in [-0.15, -0.1) is 10.2 Å². The number of benzene rings is 1. The average molecular weight is 346 g/mol. The van der Waals surface area contributed by atoms with Gasteiger partial charge in [0.1, 0.15) is 0 Å². The number of hydrogen-bond donors (Lipinski definition) is 2. The molecule has 2 heterocycles. The number of anilines is 2. The summed E-state index contributed by atoms with van der Waals surface area (Å²) in [6, 6.07) is 10.2. The lowest BCUT2D eigenvalue weighted by atomic mass is 10.2. The Morgan fingerprint density at radius 2 is 2.08 bits per heavy atom. The Kier molecular flexibility index (Phi) is 4.52. The number of nitrogens with zero attached hydrogens (tertiary/aromatic N) is 3. The van der Waals surface area contributed by atoms with Crippen molar-refractivity contribution in [2.45, 2.75) is 13.8 Å². The lowest BCUT2D eigenvalue weighted by Crippen LogP contribution is -2.21. The van der Waals surface area contributed by atoms with E-state index >= 15 is 0 Å². The summed E-state index contributed by atoms with van der Waals surface area (Å²) in [5.74, 6) is 0.818. The molecule has 0 aliphatic heterocycles. The standard InChI is InChI=1S/C16H16ClN5O2/c1-3-24-14-6-4-5-13-20-21-15(22(13)14)19-16(23)18-11-8-7-10(2)12(17)9-11/h4-9H,3H2,1-2H3,(H2,18,19,21,23). The van der Waals surface area contributed by atoms with Crippen LogP contribution < -0.4 is 15.4 Å². The molecule has 3 rings (SSSR count). The van der Waals surface area contributed by atoms with E-state index in [0.717, 1.165) is 5.56 Å². The van der Waals surface area contributed by atoms with Crippen molar-refractivity contribution in [3.63, 3.8) is 0 Å². The number of urea groups is 1. The van der Waals surface area contributed by atoms with E-state index in [-0.39, 0.29) is 5.95 Å². The molecule has 8 heteroatoms. The summed E-state index contributed by atoms with van der Waals surface area (Å²) in [6.45, 7) is 4.26. The number of nitrogens with one attached hydrogen (secondary N) is 2. The summed E-state index contributed by atoms with van der Waals surface area (Å²) in [6.07, 6.45) is 0. The maximum atomic E-state index is 12.2. The van der Waals surface area contributed by atoms with Crippen LogP contribution in [0.25, 0.3) is 5.65 Å². The largest absolute Gasteiger partial charge is 0.479 e. The quantitative estimate of drug-likeness (QED) is 0.755. The number of ether oxygens (including phenoxy) is 1. The molecule has 1 aromatic carbocycles. The van der Waals surface area contributed by atoms with Crippen LogP contribution in [0.4, 0.5) is 16.4 Å². The summed E-state index contributed by atoms with van der Waals surface area (Å²) in [5.41, 5.74) is 2.10. The van der Waals surface area contributed by atoms with Gasteiger partial charge in [-0.25, -0.2) is 9.20 Å². The van der Waals surface area contributed by atoms with Crippen molar-refractivity contribution in [2.24, 2.45) is 0 Å². The van der Waals surface area contributed by atoms with Crippen LogP contribution in [0.1, 0.15) is 12.5 Å². The van der Waals surface area contributed by atoms with Gasteiger partial charge in [0.15, 0.2) is 5.65 Å². The van der Waals surface area contributed by atoms with Gasteiger partial charge in [0, 0.05) is 10.7 Å². The van der Waals surface area contributed by atoms with E-state index in [1.165, 1.54) is 0 Å². The van der Waals surface area contributed by atoms with Crippen LogP contribution in [-0.2, 0) is 0 Å². The Hall–Kier alpha value is -2.80. The van der Waals surface area contributed by atoms with E-state index in [2.05, 4.69) is 20.8 Å². The van der Waals surface area contributed by atoms with Crippen LogP contribution in [0.5, 0.6) is 5.88 Å². The van der Waals surface area contributed by atoms with Gasteiger partial charge in [0.25, 0.3) is 0 Å². The van der Waals surface area contributed by atoms with Crippen LogP contribution >= 0.6 is 11.6 Å². The van der Waals surface area contributed by atoms with Crippen molar-refractivity contribution < 1.29 is 9.53 Å². The van der Waals surface area contributed by atoms with Crippen LogP contribution in [0.3, 0.4) is 0 Å². The predicted molar refractivity (Wildman–Crippen MR) is 93.0 cm³/mol. The fourth-order valence-corrected chi connectivity index (χ4v) is 2.37. The molecule has 0 saturated heterocycles. The van der Waals surface area contributed by atoms with E-state index in [4.69, 9.17) is 16.3 Å². The summed E-state index contributed by atoms with van der Waals surface area (Å²) in [4.78, 5) is 12.2. The van der Waals surface area contributed by atoms with E-state index < -0.39 is 6.03 Å². The number of aromatic nitrogens is 3. The molecule has 0 aliphatic rings. The summed E-state index contributed by atoms with van der Waals surface area (Å²) >= 11 is 6.06. The minimum absolute atomic E-state index is 0.268. The lowest BCUT2D eigenvalue weighted by Gasteiger charge is -2.10. The minimum atomic E-state index is -0.449. The lowest BCUT2D eigenvalue weighted by molar-refractivity contribution is 0.262. The molecule has 2 aromatic heterocycles. The fourth-order valence-electron chi connectivity index (χ4n) is 2.19. The van der Waals surface area contributed by atoms with Crippen LogP contribution in [-0.4, -0.2) is 27.2 Å². The average Bonchev–Trinajstić information content (AvgIpc) is 2.95. The normalized spacial score (nSPS) is 10.6. The number of hydrogen-bond acceptors (Lipinski definition) is 4. The molecular weight excluding hydrogens is 330 g/mol. The molecule has 0 fully saturated rings. The molecule has 7 nitrogen and oxygen atoms in total. The van der Waals surface area contributed by atoms with Gasteiger partial charge >= 0.3 is 6.03 Å². The molecule has 0 unspecified atom stereocenters. The second-order valence-electron chi connectivity index (χ2n) is 5.06. The van der Waals surface area contributed by atoms with Gasteiger partial charge in [-0.2, -0.15) is 0 Å². The first-order chi connectivity index (χ1) is 11.6. The van der Waals surface area contributed by atoms with E-state index in [1.807, 2.05) is 26.0 Å². The van der Waals surface area contributed by atoms with Crippen molar-refractivity contribution in [2.75, 3.05) is 17.2 Å². The molecule has 0 saturated carbocycles. The number of carbonyl (C=O) groups excluding carboxylic acids is 1. The SMILES string of the molecule is CCOc1cccc2nnc(NC(=O)Nc3ccc(C)c(Cl)c3)n12. The van der Waals surface area contributed by atoms with Gasteiger partial charge < -0.3 is 10.1 Å². The van der Waals surface area contributed by atoms with Gasteiger partial charge in [-0.05, 0) is 43.7 Å². The van der Waals surface area contributed by atoms with E-state index in [9.17, 15) is 4.79 Å². The Labute approximate surface area is 143 Å². The number of carbonyl (C=O) groups is 1. The molecule has 0 aliphatic carbocycles. The van der Waals surface area contributed by atoms with E-state index in [1.54, 1.807) is 28.7 Å². The molecule has 0 bridgehead atoms. The zero-order valence-electron chi connectivity index (χ0n) is 13.2. The highest BCUT2D eigenvalue weighted by Crippen LogP contribution is 2.21. The highest BCUT2D eigenvalue weighted by Gasteiger charge is 2.13. The Bertz CT molecular complexity index is 893. The molecule has 0 atom stereocenters. The highest BCUT2D eigenvalue weighted by molar-refractivity contribution is 6.31. The number of halogens is 1. The second kappa shape index (κ2) is 6.76. The molecule has 3 aromatic rings. The Morgan fingerprint density at radius 1 is 1.25 bits per heavy atom. The molecule has 2 N–H and O–H groups in total. The maximum Gasteiger partial charge on any atom is 0.326 e. The van der Waals surface area contributed by atoms with Gasteiger partial charge in [0.2, 0.25) is 11.8 Å². The van der Waals surface area contributed by atoms with Gasteiger partial charge in [0.05, 0.1) is 6.61 Å². The molecule has 2 amide bonds. The van der Waals surface area contributed by atoms with Gasteiger partial charge in [-0.3, -0.25) is 5.32 Å². The van der Waals surface area contributed by atoms with Crippen molar-refractivity contribution >= 4 is 34.9 Å². The maximum absolute atomic E-state index is 12.2. The predicted octanol–water partition coefficient (Wildman–Crippen LogP) is 3.73. The van der Waals surface area contributed by atoms with Crippen molar-refractivity contribution in [3.8, 4) is 5.88 Å². The van der Waals surface area contributed by atoms with Gasteiger partial charge in [-0.1, -0.05) is 23.7 Å². The monoisotopic (exact) mass is 345 g/mol. The third kappa shape index (κ3) is 3.26. The summed E-state index contributed by atoms with van der Waals surface area (Å²) in [7, 11) is 0. The molecule has 0 spiro atoms. The van der Waals surface area contributed by atoms with Crippen molar-refractivity contribution in [3.05, 3.63) is 47.0 Å². The third-order valence-electron chi connectivity index (χ3n) is 3.34. The smallest absolute Gasteiger partial charge is 0.326 e. The number of pyridine rings is 1. The molecular formula is C16H16ClN5O2. The number of aryl methyl sites for hydroxylation is 1. The zero-order valence-corrected chi connectivity index (χ0v) is 14.0. The van der Waals surface area contributed by atoms with Crippen molar-refractivity contribution in [1.29, 1.82) is 0 Å². The fraction of sp³-hybridized carbons (Fsp3) is 0.188. The zero-order chi connectivity index (χ0) is 17.1. The number of amides is 2. The Morgan fingerprint density at radius 3 is 2.83 bits per heavy atom. The van der Waals surface area contributed by atoms with E-state index in [0.29, 0.717) is 28.8 Å². The minimum Gasteiger partial charge on any atom is -0.479 e. The number of rotatable bonds is 4. The second-order valence-corrected chi connectivity index (χ2v) is 5.46. The third-order valence-corrected chi connectivity index (χ3v) is 3.75. The Balaban J connectivity index is 1.81. The van der Waals surface area contributed by atoms with Crippen molar-refractivity contribution in [1.82, 2.24) is 14.6 Å². The van der Waals surface area contributed by atoms with Crippen LogP contribution in [0.2, 0.25) is 5.02 Å². The number of fused-ring (bicyclic) bond motifs is 1. The summed E-state index contributed by atoms with van der Waals surface area (Å²) in [5, 5.41) is 14.0. The molecule has 124 valence electrons. The first kappa shape index (κ1) is 16.1. The molecule has 24 heavy (non-hydrogen) atoms. The van der Waals surface area contributed by atoms with Crippen LogP contribution in [0, 0.1) is 6.92 Å². The first-order valence-corrected chi connectivity index (χ1v) is 7.77. The highest BCUT2D eigenvalue weighted by atomic mass is 35.5. The topological polar surface area (TPSA) is 80.6 Å². The summed E-state index contributed by atoms with van der Waals surface area (Å²) < 4.78 is 7.17. The molecule has 0 radical (unpaired) electrons. The first-order valence-electron chi connectivity index (χ1n) is 7.39.